The van der Waals surface area contributed by atoms with E-state index >= 15 is 0 Å². The highest BCUT2D eigenvalue weighted by Gasteiger charge is 2.10. The average molecular weight is 304 g/mol. The topological polar surface area (TPSA) is 25.2 Å². The quantitative estimate of drug-likeness (QED) is 0.764. The number of hydrogen-bond donors (Lipinski definition) is 1. The van der Waals surface area contributed by atoms with Crippen molar-refractivity contribution in [1.82, 2.24) is 4.57 Å². The summed E-state index contributed by atoms with van der Waals surface area (Å²) in [4.78, 5) is 0. The third-order valence-electron chi connectivity index (χ3n) is 3.31. The van der Waals surface area contributed by atoms with Crippen LogP contribution >= 0.6 is 15.9 Å². The zero-order chi connectivity index (χ0) is 12.7. The van der Waals surface area contributed by atoms with E-state index in [-0.39, 0.29) is 6.61 Å². The summed E-state index contributed by atoms with van der Waals surface area (Å²) in [5.74, 6) is 0. The predicted octanol–water partition coefficient (Wildman–Crippen LogP) is 3.86. The molecule has 0 unspecified atom stereocenters. The fourth-order valence-corrected chi connectivity index (χ4v) is 2.87. The lowest BCUT2D eigenvalue weighted by Gasteiger charge is -2.05. The number of rotatable bonds is 2. The molecular weight excluding hydrogens is 290 g/mol. The van der Waals surface area contributed by atoms with Crippen LogP contribution in [0.5, 0.6) is 0 Å². The van der Waals surface area contributed by atoms with Gasteiger partial charge in [-0.1, -0.05) is 34.1 Å². The van der Waals surface area contributed by atoms with Crippen molar-refractivity contribution in [1.29, 1.82) is 0 Å². The Morgan fingerprint density at radius 3 is 2.44 bits per heavy atom. The maximum atomic E-state index is 9.26. The van der Waals surface area contributed by atoms with Crippen molar-refractivity contribution in [3.63, 3.8) is 0 Å². The molecule has 92 valence electrons. The third kappa shape index (κ3) is 1.74. The number of hydrogen-bond acceptors (Lipinski definition) is 1. The lowest BCUT2D eigenvalue weighted by Crippen LogP contribution is -2.01. The Morgan fingerprint density at radius 1 is 1.06 bits per heavy atom. The molecular formula is C15H14BrNO. The van der Waals surface area contributed by atoms with Crippen LogP contribution in [0.25, 0.3) is 21.8 Å². The first-order valence-corrected chi connectivity index (χ1v) is 6.79. The fraction of sp³-hybridized carbons (Fsp3) is 0.200. The Morgan fingerprint density at radius 2 is 1.72 bits per heavy atom. The van der Waals surface area contributed by atoms with Gasteiger partial charge in [-0.2, -0.15) is 0 Å². The third-order valence-corrected chi connectivity index (χ3v) is 3.80. The maximum Gasteiger partial charge on any atom is 0.0610 e. The van der Waals surface area contributed by atoms with Crippen molar-refractivity contribution in [2.24, 2.45) is 0 Å². The lowest BCUT2D eigenvalue weighted by atomic mass is 10.1. The minimum Gasteiger partial charge on any atom is -0.395 e. The van der Waals surface area contributed by atoms with Gasteiger partial charge in [0.15, 0.2) is 0 Å². The van der Waals surface area contributed by atoms with Gasteiger partial charge in [0.2, 0.25) is 0 Å². The lowest BCUT2D eigenvalue weighted by molar-refractivity contribution is 0.280. The van der Waals surface area contributed by atoms with Crippen LogP contribution in [-0.2, 0) is 6.54 Å². The summed E-state index contributed by atoms with van der Waals surface area (Å²) in [6.45, 7) is 2.87. The van der Waals surface area contributed by atoms with E-state index in [0.29, 0.717) is 6.54 Å². The SMILES string of the molecule is Cc1ccc2c3ccc(Br)cc3n(CCO)c2c1. The van der Waals surface area contributed by atoms with Gasteiger partial charge in [-0.05, 0) is 30.7 Å². The van der Waals surface area contributed by atoms with E-state index in [1.165, 1.54) is 27.4 Å². The van der Waals surface area contributed by atoms with Gasteiger partial charge < -0.3 is 9.67 Å². The number of halogens is 1. The summed E-state index contributed by atoms with van der Waals surface area (Å²) in [7, 11) is 0. The van der Waals surface area contributed by atoms with E-state index < -0.39 is 0 Å². The van der Waals surface area contributed by atoms with Crippen LogP contribution in [0.1, 0.15) is 5.56 Å². The van der Waals surface area contributed by atoms with E-state index in [4.69, 9.17) is 0 Å². The second kappa shape index (κ2) is 4.41. The molecule has 0 spiro atoms. The molecule has 0 radical (unpaired) electrons. The number of fused-ring (bicyclic) bond motifs is 3. The Labute approximate surface area is 114 Å². The molecule has 0 atom stereocenters. The molecule has 3 heteroatoms. The van der Waals surface area contributed by atoms with E-state index in [0.717, 1.165) is 4.47 Å². The number of aromatic nitrogens is 1. The molecule has 18 heavy (non-hydrogen) atoms. The number of benzene rings is 2. The van der Waals surface area contributed by atoms with Crippen LogP contribution in [0.3, 0.4) is 0 Å². The van der Waals surface area contributed by atoms with Gasteiger partial charge in [-0.25, -0.2) is 0 Å². The number of nitrogens with zero attached hydrogens (tertiary/aromatic N) is 1. The summed E-state index contributed by atoms with van der Waals surface area (Å²) in [5.41, 5.74) is 3.60. The van der Waals surface area contributed by atoms with Gasteiger partial charge in [0.25, 0.3) is 0 Å². The fourth-order valence-electron chi connectivity index (χ4n) is 2.52. The standard InChI is InChI=1S/C15H14BrNO/c1-10-2-4-12-13-5-3-11(16)9-15(13)17(6-7-18)14(12)8-10/h2-5,8-9,18H,6-7H2,1H3. The average Bonchev–Trinajstić information content (AvgIpc) is 2.63. The normalized spacial score (nSPS) is 11.5. The highest BCUT2D eigenvalue weighted by atomic mass is 79.9. The zero-order valence-electron chi connectivity index (χ0n) is 10.2. The van der Waals surface area contributed by atoms with Crippen LogP contribution in [0.4, 0.5) is 0 Å². The number of aliphatic hydroxyl groups is 1. The van der Waals surface area contributed by atoms with Crippen LogP contribution in [-0.4, -0.2) is 16.3 Å². The molecule has 0 bridgehead atoms. The zero-order valence-corrected chi connectivity index (χ0v) is 11.7. The molecule has 0 aliphatic rings. The predicted molar refractivity (Wildman–Crippen MR) is 79.0 cm³/mol. The molecule has 0 fully saturated rings. The summed E-state index contributed by atoms with van der Waals surface area (Å²) in [6.07, 6.45) is 0. The van der Waals surface area contributed by atoms with Crippen LogP contribution < -0.4 is 0 Å². The first-order chi connectivity index (χ1) is 8.70. The number of aryl methyl sites for hydroxylation is 1. The highest BCUT2D eigenvalue weighted by Crippen LogP contribution is 2.31. The van der Waals surface area contributed by atoms with Crippen molar-refractivity contribution in [3.05, 3.63) is 46.4 Å². The van der Waals surface area contributed by atoms with Gasteiger partial charge in [-0.3, -0.25) is 0 Å². The molecule has 0 saturated carbocycles. The van der Waals surface area contributed by atoms with Gasteiger partial charge in [-0.15, -0.1) is 0 Å². The molecule has 2 nitrogen and oxygen atoms in total. The molecule has 1 aromatic heterocycles. The van der Waals surface area contributed by atoms with Crippen molar-refractivity contribution in [2.45, 2.75) is 13.5 Å². The number of aliphatic hydroxyl groups excluding tert-OH is 1. The first kappa shape index (κ1) is 11.8. The summed E-state index contributed by atoms with van der Waals surface area (Å²) in [5, 5.41) is 11.7. The smallest absolute Gasteiger partial charge is 0.0610 e. The molecule has 0 aliphatic heterocycles. The minimum atomic E-state index is 0.152. The maximum absolute atomic E-state index is 9.26. The van der Waals surface area contributed by atoms with E-state index in [9.17, 15) is 5.11 Å². The molecule has 1 N–H and O–H groups in total. The summed E-state index contributed by atoms with van der Waals surface area (Å²) >= 11 is 3.51. The Bertz CT molecular complexity index is 671. The molecule has 3 aromatic rings. The van der Waals surface area contributed by atoms with Gasteiger partial charge in [0.05, 0.1) is 12.1 Å². The molecule has 0 aliphatic carbocycles. The summed E-state index contributed by atoms with van der Waals surface area (Å²) in [6, 6.07) is 12.8. The van der Waals surface area contributed by atoms with E-state index in [1.54, 1.807) is 0 Å². The van der Waals surface area contributed by atoms with Crippen molar-refractivity contribution < 1.29 is 5.11 Å². The first-order valence-electron chi connectivity index (χ1n) is 5.99. The van der Waals surface area contributed by atoms with Crippen molar-refractivity contribution in [2.75, 3.05) is 6.61 Å². The van der Waals surface area contributed by atoms with Crippen LogP contribution in [0.2, 0.25) is 0 Å². The van der Waals surface area contributed by atoms with Crippen molar-refractivity contribution in [3.8, 4) is 0 Å². The minimum absolute atomic E-state index is 0.152. The largest absolute Gasteiger partial charge is 0.395 e. The van der Waals surface area contributed by atoms with Crippen LogP contribution in [0, 0.1) is 6.92 Å². The molecule has 1 heterocycles. The Balaban J connectivity index is 2.48. The van der Waals surface area contributed by atoms with Gasteiger partial charge >= 0.3 is 0 Å². The molecule has 0 amide bonds. The Kier molecular flexibility index (Phi) is 2.88. The Hall–Kier alpha value is -1.32. The van der Waals surface area contributed by atoms with Crippen LogP contribution in [0.15, 0.2) is 40.9 Å². The van der Waals surface area contributed by atoms with E-state index in [2.05, 4.69) is 63.8 Å². The summed E-state index contributed by atoms with van der Waals surface area (Å²) < 4.78 is 3.25. The second-order valence-corrected chi connectivity index (χ2v) is 5.47. The molecule has 2 aromatic carbocycles. The van der Waals surface area contributed by atoms with Gasteiger partial charge in [0.1, 0.15) is 0 Å². The van der Waals surface area contributed by atoms with Gasteiger partial charge in [0, 0.05) is 27.3 Å². The molecule has 3 rings (SSSR count). The monoisotopic (exact) mass is 303 g/mol. The molecule has 0 saturated heterocycles. The second-order valence-electron chi connectivity index (χ2n) is 4.56. The van der Waals surface area contributed by atoms with Crippen molar-refractivity contribution >= 4 is 37.7 Å². The highest BCUT2D eigenvalue weighted by molar-refractivity contribution is 9.10. The van der Waals surface area contributed by atoms with E-state index in [1.807, 2.05) is 0 Å².